The van der Waals surface area contributed by atoms with Crippen molar-refractivity contribution in [3.63, 3.8) is 0 Å². The summed E-state index contributed by atoms with van der Waals surface area (Å²) in [6.07, 6.45) is 0. The number of hydrogen-bond acceptors (Lipinski definition) is 5. The molecule has 1 unspecified atom stereocenters. The topological polar surface area (TPSA) is 60.0 Å². The van der Waals surface area contributed by atoms with Gasteiger partial charge in [-0.2, -0.15) is 0 Å². The second-order valence-electron chi connectivity index (χ2n) is 6.92. The maximum Gasteiger partial charge on any atom is 0.238 e. The largest absolute Gasteiger partial charge is 0.493 e. The lowest BCUT2D eigenvalue weighted by molar-refractivity contribution is -0.117. The van der Waals surface area contributed by atoms with Gasteiger partial charge in [0, 0.05) is 23.9 Å². The molecule has 0 aliphatic heterocycles. The Hall–Kier alpha value is -1.95. The highest BCUT2D eigenvalue weighted by Crippen LogP contribution is 2.39. The van der Waals surface area contributed by atoms with Gasteiger partial charge in [0.15, 0.2) is 11.5 Å². The van der Waals surface area contributed by atoms with Crippen molar-refractivity contribution in [1.82, 2.24) is 4.90 Å². The van der Waals surface area contributed by atoms with E-state index < -0.39 is 0 Å². The van der Waals surface area contributed by atoms with Crippen LogP contribution in [-0.4, -0.2) is 51.8 Å². The van der Waals surface area contributed by atoms with Gasteiger partial charge in [-0.05, 0) is 19.4 Å². The Balaban J connectivity index is 2.87. The maximum atomic E-state index is 12.3. The highest BCUT2D eigenvalue weighted by molar-refractivity contribution is 5.93. The summed E-state index contributed by atoms with van der Waals surface area (Å²) in [5, 5.41) is 2.88. The summed E-state index contributed by atoms with van der Waals surface area (Å²) in [6.45, 7) is 8.89. The summed E-state index contributed by atoms with van der Waals surface area (Å²) in [4.78, 5) is 14.4. The quantitative estimate of drug-likeness (QED) is 0.828. The van der Waals surface area contributed by atoms with Crippen LogP contribution in [-0.2, 0) is 4.79 Å². The number of hydrogen-bond donors (Lipinski definition) is 1. The summed E-state index contributed by atoms with van der Waals surface area (Å²) in [5.41, 5.74) is 0.702. The molecule has 1 N–H and O–H groups in total. The first kappa shape index (κ1) is 20.1. The second kappa shape index (κ2) is 8.24. The Labute approximate surface area is 145 Å². The van der Waals surface area contributed by atoms with Crippen LogP contribution in [0.1, 0.15) is 27.7 Å². The molecule has 24 heavy (non-hydrogen) atoms. The first-order valence-corrected chi connectivity index (χ1v) is 7.94. The van der Waals surface area contributed by atoms with Gasteiger partial charge in [0.25, 0.3) is 0 Å². The van der Waals surface area contributed by atoms with Gasteiger partial charge in [-0.1, -0.05) is 20.8 Å². The van der Waals surface area contributed by atoms with Crippen LogP contribution >= 0.6 is 0 Å². The van der Waals surface area contributed by atoms with Crippen LogP contribution in [0.2, 0.25) is 0 Å². The lowest BCUT2D eigenvalue weighted by atomic mass is 9.87. The van der Waals surface area contributed by atoms with Gasteiger partial charge in [0.2, 0.25) is 11.7 Å². The zero-order chi connectivity index (χ0) is 18.5. The summed E-state index contributed by atoms with van der Waals surface area (Å²) in [7, 11) is 6.58. The van der Waals surface area contributed by atoms with Crippen molar-refractivity contribution in [2.45, 2.75) is 33.7 Å². The number of ether oxygens (including phenoxy) is 3. The number of nitrogens with one attached hydrogen (secondary N) is 1. The molecule has 6 nitrogen and oxygen atoms in total. The van der Waals surface area contributed by atoms with E-state index >= 15 is 0 Å². The fourth-order valence-electron chi connectivity index (χ4n) is 2.38. The van der Waals surface area contributed by atoms with Crippen LogP contribution in [0.3, 0.4) is 0 Å². The number of amides is 1. The predicted octanol–water partition coefficient (Wildman–Crippen LogP) is 3.02. The Morgan fingerprint density at radius 1 is 1.12 bits per heavy atom. The van der Waals surface area contributed by atoms with Crippen molar-refractivity contribution < 1.29 is 19.0 Å². The minimum absolute atomic E-state index is 0.0946. The standard InChI is InChI=1S/C18H30N2O4/c1-12(18(2,3)4)20(5)11-16(21)19-13-9-14(22-6)17(24-8)15(10-13)23-7/h9-10,12H,11H2,1-8H3,(H,19,21). The van der Waals surface area contributed by atoms with Crippen molar-refractivity contribution in [3.05, 3.63) is 12.1 Å². The van der Waals surface area contributed by atoms with Gasteiger partial charge in [-0.15, -0.1) is 0 Å². The summed E-state index contributed by atoms with van der Waals surface area (Å²) >= 11 is 0. The van der Waals surface area contributed by atoms with Crippen molar-refractivity contribution in [3.8, 4) is 17.2 Å². The minimum atomic E-state index is -0.0946. The number of carbonyl (C=O) groups is 1. The van der Waals surface area contributed by atoms with E-state index in [1.165, 1.54) is 0 Å². The SMILES string of the molecule is COc1cc(NC(=O)CN(C)C(C)C(C)(C)C)cc(OC)c1OC. The van der Waals surface area contributed by atoms with E-state index in [2.05, 4.69) is 33.0 Å². The molecule has 1 aromatic rings. The average Bonchev–Trinajstić information content (AvgIpc) is 2.51. The molecule has 0 heterocycles. The molecule has 136 valence electrons. The lowest BCUT2D eigenvalue weighted by Gasteiger charge is -2.34. The fraction of sp³-hybridized carbons (Fsp3) is 0.611. The highest BCUT2D eigenvalue weighted by Gasteiger charge is 2.25. The van der Waals surface area contributed by atoms with E-state index in [9.17, 15) is 4.79 Å². The predicted molar refractivity (Wildman–Crippen MR) is 96.3 cm³/mol. The molecule has 0 saturated carbocycles. The van der Waals surface area contributed by atoms with Gasteiger partial charge in [0.05, 0.1) is 27.9 Å². The molecule has 0 radical (unpaired) electrons. The molecule has 0 spiro atoms. The number of rotatable bonds is 7. The molecular weight excluding hydrogens is 308 g/mol. The molecule has 0 fully saturated rings. The Bertz CT molecular complexity index is 542. The monoisotopic (exact) mass is 338 g/mol. The molecule has 0 aromatic heterocycles. The first-order chi connectivity index (χ1) is 11.1. The van der Waals surface area contributed by atoms with Crippen LogP contribution in [0.4, 0.5) is 5.69 Å². The fourth-order valence-corrected chi connectivity index (χ4v) is 2.38. The Morgan fingerprint density at radius 2 is 1.62 bits per heavy atom. The van der Waals surface area contributed by atoms with Gasteiger partial charge in [-0.3, -0.25) is 9.69 Å². The van der Waals surface area contributed by atoms with E-state index in [0.29, 0.717) is 29.5 Å². The third-order valence-corrected chi connectivity index (χ3v) is 4.26. The molecule has 0 bridgehead atoms. The highest BCUT2D eigenvalue weighted by atomic mass is 16.5. The van der Waals surface area contributed by atoms with Crippen molar-refractivity contribution >= 4 is 11.6 Å². The summed E-state index contributed by atoms with van der Waals surface area (Å²) in [5.74, 6) is 1.41. The molecule has 0 saturated heterocycles. The lowest BCUT2D eigenvalue weighted by Crippen LogP contribution is -2.43. The van der Waals surface area contributed by atoms with Crippen molar-refractivity contribution in [1.29, 1.82) is 0 Å². The molecule has 6 heteroatoms. The van der Waals surface area contributed by atoms with Crippen LogP contribution in [0, 0.1) is 5.41 Å². The third-order valence-electron chi connectivity index (χ3n) is 4.26. The minimum Gasteiger partial charge on any atom is -0.493 e. The van der Waals surface area contributed by atoms with E-state index in [-0.39, 0.29) is 17.4 Å². The average molecular weight is 338 g/mol. The maximum absolute atomic E-state index is 12.3. The second-order valence-corrected chi connectivity index (χ2v) is 6.92. The third kappa shape index (κ3) is 5.03. The van der Waals surface area contributed by atoms with Gasteiger partial charge >= 0.3 is 0 Å². The van der Waals surface area contributed by atoms with Crippen LogP contribution in [0.5, 0.6) is 17.2 Å². The number of nitrogens with zero attached hydrogens (tertiary/aromatic N) is 1. The first-order valence-electron chi connectivity index (χ1n) is 7.94. The van der Waals surface area contributed by atoms with E-state index in [1.807, 2.05) is 11.9 Å². The number of benzene rings is 1. The number of likely N-dealkylation sites (N-methyl/N-ethyl adjacent to an activating group) is 1. The summed E-state index contributed by atoms with van der Waals surface area (Å²) < 4.78 is 15.9. The van der Waals surface area contributed by atoms with Crippen molar-refractivity contribution in [2.24, 2.45) is 5.41 Å². The molecule has 1 aromatic carbocycles. The van der Waals surface area contributed by atoms with E-state index in [0.717, 1.165) is 0 Å². The van der Waals surface area contributed by atoms with Gasteiger partial charge in [0.1, 0.15) is 0 Å². The molecule has 1 atom stereocenters. The normalized spacial score (nSPS) is 12.7. The smallest absolute Gasteiger partial charge is 0.238 e. The molecule has 1 rings (SSSR count). The number of carbonyl (C=O) groups excluding carboxylic acids is 1. The van der Waals surface area contributed by atoms with E-state index in [1.54, 1.807) is 33.5 Å². The number of methoxy groups -OCH3 is 3. The number of anilines is 1. The zero-order valence-corrected chi connectivity index (χ0v) is 16.0. The summed E-state index contributed by atoms with van der Waals surface area (Å²) in [6, 6.07) is 3.70. The van der Waals surface area contributed by atoms with Crippen LogP contribution in [0.15, 0.2) is 12.1 Å². The molecular formula is C18H30N2O4. The Morgan fingerprint density at radius 3 is 2.00 bits per heavy atom. The Kier molecular flexibility index (Phi) is 6.90. The van der Waals surface area contributed by atoms with Crippen molar-refractivity contribution in [2.75, 3.05) is 40.2 Å². The zero-order valence-electron chi connectivity index (χ0n) is 16.0. The van der Waals surface area contributed by atoms with Crippen LogP contribution in [0.25, 0.3) is 0 Å². The molecule has 0 aliphatic carbocycles. The van der Waals surface area contributed by atoms with Crippen LogP contribution < -0.4 is 19.5 Å². The molecule has 1 amide bonds. The van der Waals surface area contributed by atoms with Gasteiger partial charge in [-0.25, -0.2) is 0 Å². The molecule has 0 aliphatic rings. The van der Waals surface area contributed by atoms with E-state index in [4.69, 9.17) is 14.2 Å². The van der Waals surface area contributed by atoms with Gasteiger partial charge < -0.3 is 19.5 Å².